The molecule has 0 radical (unpaired) electrons. The third-order valence-electron chi connectivity index (χ3n) is 4.39. The normalized spacial score (nSPS) is 11.5. The van der Waals surface area contributed by atoms with Gasteiger partial charge < -0.3 is 19.2 Å². The molecule has 0 aliphatic rings. The molecule has 0 aliphatic carbocycles. The van der Waals surface area contributed by atoms with Crippen molar-refractivity contribution < 1.29 is 27.0 Å². The average Bonchev–Trinajstić information content (AvgIpc) is 3.47. The standard InChI is InChI=1S/C18H17ClFN7O5S/c1-30-16-15(32-8-5-20)17(31-2)25-18(24-16)26-33(28,29)12-9-21-13-10(12)3-4-11(19)14(13)27-22-6-7-23-27/h3-4,6-7,9,21H,5,8H2,1-2H3,(H,24,25,26). The largest absolute Gasteiger partial charge is 0.481 e. The Labute approximate surface area is 191 Å². The maximum Gasteiger partial charge on any atom is 0.266 e. The van der Waals surface area contributed by atoms with Crippen molar-refractivity contribution in [2.45, 2.75) is 4.90 Å². The fraction of sp³-hybridized carbons (Fsp3) is 0.222. The number of nitrogens with zero attached hydrogens (tertiary/aromatic N) is 5. The predicted octanol–water partition coefficient (Wildman–Crippen LogP) is 2.36. The molecule has 3 heterocycles. The molecule has 0 saturated heterocycles. The Hall–Kier alpha value is -3.65. The monoisotopic (exact) mass is 497 g/mol. The Morgan fingerprint density at radius 2 is 1.82 bits per heavy atom. The van der Waals surface area contributed by atoms with Crippen molar-refractivity contribution in [2.75, 3.05) is 32.2 Å². The van der Waals surface area contributed by atoms with Gasteiger partial charge in [0.25, 0.3) is 21.8 Å². The fourth-order valence-corrected chi connectivity index (χ4v) is 4.40. The molecule has 0 bridgehead atoms. The Morgan fingerprint density at radius 1 is 1.15 bits per heavy atom. The number of anilines is 1. The van der Waals surface area contributed by atoms with Crippen molar-refractivity contribution in [3.05, 3.63) is 35.7 Å². The van der Waals surface area contributed by atoms with Crippen molar-refractivity contribution in [1.82, 2.24) is 29.9 Å². The molecule has 12 nitrogen and oxygen atoms in total. The summed E-state index contributed by atoms with van der Waals surface area (Å²) in [6.07, 6.45) is 4.23. The molecule has 0 atom stereocenters. The smallest absolute Gasteiger partial charge is 0.266 e. The van der Waals surface area contributed by atoms with E-state index in [0.717, 1.165) is 0 Å². The van der Waals surface area contributed by atoms with Crippen molar-refractivity contribution in [3.63, 3.8) is 0 Å². The number of nitrogens with one attached hydrogen (secondary N) is 2. The van der Waals surface area contributed by atoms with E-state index in [1.54, 1.807) is 6.07 Å². The fourth-order valence-electron chi connectivity index (χ4n) is 3.05. The van der Waals surface area contributed by atoms with E-state index in [-0.39, 0.29) is 35.0 Å². The first kappa shape index (κ1) is 22.5. The van der Waals surface area contributed by atoms with Crippen molar-refractivity contribution >= 4 is 38.5 Å². The van der Waals surface area contributed by atoms with E-state index in [2.05, 4.69) is 29.9 Å². The lowest BCUT2D eigenvalue weighted by Crippen LogP contribution is -2.16. The number of alkyl halides is 1. The van der Waals surface area contributed by atoms with Crippen LogP contribution >= 0.6 is 11.6 Å². The molecule has 2 N–H and O–H groups in total. The Kier molecular flexibility index (Phi) is 6.20. The molecule has 15 heteroatoms. The summed E-state index contributed by atoms with van der Waals surface area (Å²) >= 11 is 6.30. The van der Waals surface area contributed by atoms with Gasteiger partial charge in [-0.15, -0.1) is 4.80 Å². The molecular formula is C18H17ClFN7O5S. The molecule has 0 fully saturated rings. The SMILES string of the molecule is COc1nc(NS(=O)(=O)c2c[nH]c3c(-n4nccn4)c(Cl)ccc23)nc(OC)c1OCCF. The molecule has 1 aromatic carbocycles. The summed E-state index contributed by atoms with van der Waals surface area (Å²) in [6, 6.07) is 3.08. The van der Waals surface area contributed by atoms with Crippen molar-refractivity contribution in [3.8, 4) is 23.2 Å². The van der Waals surface area contributed by atoms with E-state index in [1.807, 2.05) is 0 Å². The summed E-state index contributed by atoms with van der Waals surface area (Å²) in [6.45, 7) is -1.05. The zero-order valence-corrected chi connectivity index (χ0v) is 18.8. The number of ether oxygens (including phenoxy) is 3. The van der Waals surface area contributed by atoms with E-state index in [9.17, 15) is 12.8 Å². The van der Waals surface area contributed by atoms with Gasteiger partial charge in [0.15, 0.2) is 0 Å². The second-order valence-electron chi connectivity index (χ2n) is 6.33. The summed E-state index contributed by atoms with van der Waals surface area (Å²) in [5.74, 6) is -0.663. The minimum Gasteiger partial charge on any atom is -0.481 e. The number of methoxy groups -OCH3 is 2. The number of aromatic nitrogens is 6. The second kappa shape index (κ2) is 9.07. The van der Waals surface area contributed by atoms with Gasteiger partial charge in [-0.2, -0.15) is 20.2 Å². The third kappa shape index (κ3) is 4.21. The lowest BCUT2D eigenvalue weighted by molar-refractivity contribution is 0.240. The quantitative estimate of drug-likeness (QED) is 0.355. The van der Waals surface area contributed by atoms with Crippen LogP contribution in [0.25, 0.3) is 16.6 Å². The topological polar surface area (TPSA) is 146 Å². The summed E-state index contributed by atoms with van der Waals surface area (Å²) in [4.78, 5) is 12.1. The van der Waals surface area contributed by atoms with Gasteiger partial charge >= 0.3 is 0 Å². The zero-order chi connectivity index (χ0) is 23.6. The molecule has 4 aromatic rings. The minimum absolute atomic E-state index is 0.0568. The van der Waals surface area contributed by atoms with Crippen molar-refractivity contribution in [2.24, 2.45) is 0 Å². The third-order valence-corrected chi connectivity index (χ3v) is 6.06. The Bertz CT molecular complexity index is 1370. The van der Waals surface area contributed by atoms with E-state index >= 15 is 0 Å². The van der Waals surface area contributed by atoms with Crippen LogP contribution in [-0.2, 0) is 10.0 Å². The van der Waals surface area contributed by atoms with Gasteiger partial charge in [-0.3, -0.25) is 0 Å². The molecular weight excluding hydrogens is 481 g/mol. The van der Waals surface area contributed by atoms with Crippen LogP contribution in [0.1, 0.15) is 0 Å². The number of aromatic amines is 1. The van der Waals surface area contributed by atoms with Crippen LogP contribution in [-0.4, -0.2) is 65.9 Å². The zero-order valence-electron chi connectivity index (χ0n) is 17.2. The summed E-state index contributed by atoms with van der Waals surface area (Å²) in [5, 5.41) is 8.77. The lowest BCUT2D eigenvalue weighted by Gasteiger charge is -2.14. The van der Waals surface area contributed by atoms with Gasteiger partial charge in [0.05, 0.1) is 37.2 Å². The first-order valence-corrected chi connectivity index (χ1v) is 11.1. The number of halogens is 2. The molecule has 0 spiro atoms. The van der Waals surface area contributed by atoms with Gasteiger partial charge in [-0.05, 0) is 12.1 Å². The van der Waals surface area contributed by atoms with Gasteiger partial charge in [-0.25, -0.2) is 17.5 Å². The molecule has 4 rings (SSSR count). The molecule has 3 aromatic heterocycles. The average molecular weight is 498 g/mol. The highest BCUT2D eigenvalue weighted by Gasteiger charge is 2.25. The lowest BCUT2D eigenvalue weighted by atomic mass is 10.2. The number of hydrogen-bond acceptors (Lipinski definition) is 9. The maximum absolute atomic E-state index is 13.2. The molecule has 33 heavy (non-hydrogen) atoms. The molecule has 174 valence electrons. The van der Waals surface area contributed by atoms with Crippen LogP contribution < -0.4 is 18.9 Å². The molecule has 0 saturated carbocycles. The predicted molar refractivity (Wildman–Crippen MR) is 116 cm³/mol. The maximum atomic E-state index is 13.2. The number of hydrogen-bond donors (Lipinski definition) is 2. The van der Waals surface area contributed by atoms with E-state index in [4.69, 9.17) is 25.8 Å². The first-order chi connectivity index (χ1) is 15.9. The summed E-state index contributed by atoms with van der Waals surface area (Å²) in [5.41, 5.74) is 0.791. The van der Waals surface area contributed by atoms with Gasteiger partial charge in [0.1, 0.15) is 23.9 Å². The van der Waals surface area contributed by atoms with Gasteiger partial charge in [-0.1, -0.05) is 11.6 Å². The van der Waals surface area contributed by atoms with E-state index < -0.39 is 16.7 Å². The van der Waals surface area contributed by atoms with Gasteiger partial charge in [0.2, 0.25) is 11.7 Å². The Morgan fingerprint density at radius 3 is 2.42 bits per heavy atom. The first-order valence-electron chi connectivity index (χ1n) is 9.27. The highest BCUT2D eigenvalue weighted by Crippen LogP contribution is 2.36. The second-order valence-corrected chi connectivity index (χ2v) is 8.39. The number of sulfonamides is 1. The minimum atomic E-state index is -4.19. The molecule has 0 amide bonds. The van der Waals surface area contributed by atoms with Gasteiger partial charge in [0, 0.05) is 11.6 Å². The molecule has 0 aliphatic heterocycles. The van der Waals surface area contributed by atoms with Crippen LogP contribution in [0.3, 0.4) is 0 Å². The van der Waals surface area contributed by atoms with Crippen LogP contribution in [0.2, 0.25) is 5.02 Å². The number of benzene rings is 1. The van der Waals surface area contributed by atoms with Crippen LogP contribution in [0.5, 0.6) is 17.5 Å². The van der Waals surface area contributed by atoms with Crippen LogP contribution in [0.15, 0.2) is 35.6 Å². The number of fused-ring (bicyclic) bond motifs is 1. The van der Waals surface area contributed by atoms with E-state index in [1.165, 1.54) is 43.7 Å². The highest BCUT2D eigenvalue weighted by atomic mass is 35.5. The number of rotatable bonds is 9. The number of H-pyrrole nitrogens is 1. The highest BCUT2D eigenvalue weighted by molar-refractivity contribution is 7.93. The summed E-state index contributed by atoms with van der Waals surface area (Å²) in [7, 11) is -1.61. The van der Waals surface area contributed by atoms with Crippen molar-refractivity contribution in [1.29, 1.82) is 0 Å². The van der Waals surface area contributed by atoms with Crippen LogP contribution in [0.4, 0.5) is 10.3 Å². The Balaban J connectivity index is 1.75. The van der Waals surface area contributed by atoms with Crippen LogP contribution in [0, 0.1) is 0 Å². The molecule has 0 unspecified atom stereocenters. The van der Waals surface area contributed by atoms with E-state index in [0.29, 0.717) is 21.6 Å². The summed E-state index contributed by atoms with van der Waals surface area (Å²) < 4.78 is 56.6.